The highest BCUT2D eigenvalue weighted by molar-refractivity contribution is 5.58. The zero-order valence-corrected chi connectivity index (χ0v) is 9.00. The number of rotatable bonds is 2. The van der Waals surface area contributed by atoms with Gasteiger partial charge in [-0.1, -0.05) is 0 Å². The molecule has 0 atom stereocenters. The van der Waals surface area contributed by atoms with Gasteiger partial charge in [0.2, 0.25) is 0 Å². The van der Waals surface area contributed by atoms with E-state index in [0.717, 1.165) is 25.0 Å². The number of H-pyrrole nitrogens is 1. The van der Waals surface area contributed by atoms with Crippen molar-refractivity contribution in [2.45, 2.75) is 18.4 Å². The van der Waals surface area contributed by atoms with E-state index in [1.807, 2.05) is 0 Å². The van der Waals surface area contributed by atoms with Gasteiger partial charge >= 0.3 is 0 Å². The van der Waals surface area contributed by atoms with E-state index in [2.05, 4.69) is 9.97 Å². The Morgan fingerprint density at radius 3 is 2.65 bits per heavy atom. The number of halogens is 2. The van der Waals surface area contributed by atoms with Gasteiger partial charge in [0, 0.05) is 5.56 Å². The van der Waals surface area contributed by atoms with E-state index in [1.54, 1.807) is 6.20 Å². The van der Waals surface area contributed by atoms with Crippen molar-refractivity contribution in [3.05, 3.63) is 41.9 Å². The van der Waals surface area contributed by atoms with Gasteiger partial charge in [0.15, 0.2) is 11.6 Å². The number of nitrogens with one attached hydrogen (secondary N) is 1. The van der Waals surface area contributed by atoms with Crippen molar-refractivity contribution in [2.75, 3.05) is 0 Å². The molecule has 1 heterocycles. The van der Waals surface area contributed by atoms with Gasteiger partial charge in [-0.3, -0.25) is 0 Å². The molecule has 3 nitrogen and oxygen atoms in total. The molecule has 1 aromatic carbocycles. The summed E-state index contributed by atoms with van der Waals surface area (Å²) in [4.78, 5) is 7.24. The third-order valence-corrected chi connectivity index (χ3v) is 3.07. The van der Waals surface area contributed by atoms with Crippen molar-refractivity contribution >= 4 is 0 Å². The van der Waals surface area contributed by atoms with Crippen LogP contribution in [0.25, 0.3) is 11.3 Å². The molecule has 0 saturated heterocycles. The van der Waals surface area contributed by atoms with Gasteiger partial charge in [-0.2, -0.15) is 0 Å². The first-order valence-electron chi connectivity index (χ1n) is 5.38. The number of aromatic amines is 1. The largest absolute Gasteiger partial charge is 0.340 e. The minimum absolute atomic E-state index is 0.350. The molecular formula is C12H11F2N3. The molecule has 0 bridgehead atoms. The fourth-order valence-electron chi connectivity index (χ4n) is 1.76. The Labute approximate surface area is 96.7 Å². The molecule has 3 rings (SSSR count). The minimum atomic E-state index is -0.868. The van der Waals surface area contributed by atoms with Crippen molar-refractivity contribution in [3.8, 4) is 11.3 Å². The summed E-state index contributed by atoms with van der Waals surface area (Å²) in [5.74, 6) is -1.02. The fraction of sp³-hybridized carbons (Fsp3) is 0.250. The van der Waals surface area contributed by atoms with Crippen LogP contribution < -0.4 is 5.73 Å². The Hall–Kier alpha value is -1.75. The van der Waals surface area contributed by atoms with Crippen LogP contribution >= 0.6 is 0 Å². The van der Waals surface area contributed by atoms with E-state index in [9.17, 15) is 8.78 Å². The summed E-state index contributed by atoms with van der Waals surface area (Å²) in [7, 11) is 0. The monoisotopic (exact) mass is 235 g/mol. The van der Waals surface area contributed by atoms with Crippen LogP contribution in [0.15, 0.2) is 24.4 Å². The van der Waals surface area contributed by atoms with Crippen LogP contribution in [-0.4, -0.2) is 9.97 Å². The van der Waals surface area contributed by atoms with Crippen LogP contribution in [0, 0.1) is 11.6 Å². The predicted octanol–water partition coefficient (Wildman–Crippen LogP) is 2.30. The van der Waals surface area contributed by atoms with E-state index in [0.29, 0.717) is 17.1 Å². The number of hydrogen-bond acceptors (Lipinski definition) is 2. The van der Waals surface area contributed by atoms with E-state index >= 15 is 0 Å². The summed E-state index contributed by atoms with van der Waals surface area (Å²) in [6.45, 7) is 0. The van der Waals surface area contributed by atoms with E-state index < -0.39 is 11.6 Å². The molecular weight excluding hydrogens is 224 g/mol. The first-order valence-corrected chi connectivity index (χ1v) is 5.38. The molecule has 0 radical (unpaired) electrons. The van der Waals surface area contributed by atoms with Crippen LogP contribution in [-0.2, 0) is 5.54 Å². The van der Waals surface area contributed by atoms with Gasteiger partial charge in [-0.05, 0) is 31.0 Å². The molecule has 1 aromatic heterocycles. The Morgan fingerprint density at radius 2 is 2.00 bits per heavy atom. The summed E-state index contributed by atoms with van der Waals surface area (Å²) >= 11 is 0. The molecule has 1 fully saturated rings. The normalized spacial score (nSPS) is 17.1. The van der Waals surface area contributed by atoms with Crippen molar-refractivity contribution in [3.63, 3.8) is 0 Å². The SMILES string of the molecule is NC1(c2ncc(-c3ccc(F)c(F)c3)[nH]2)CC1. The molecule has 3 N–H and O–H groups in total. The molecule has 1 aliphatic carbocycles. The average molecular weight is 235 g/mol. The van der Waals surface area contributed by atoms with E-state index in [1.165, 1.54) is 6.07 Å². The Kier molecular flexibility index (Phi) is 2.06. The highest BCUT2D eigenvalue weighted by Gasteiger charge is 2.42. The van der Waals surface area contributed by atoms with Crippen LogP contribution in [0.4, 0.5) is 8.78 Å². The zero-order chi connectivity index (χ0) is 12.0. The number of nitrogens with zero attached hydrogens (tertiary/aromatic N) is 1. The minimum Gasteiger partial charge on any atom is -0.340 e. The van der Waals surface area contributed by atoms with Gasteiger partial charge in [-0.15, -0.1) is 0 Å². The molecule has 0 aliphatic heterocycles. The topological polar surface area (TPSA) is 54.7 Å². The molecule has 17 heavy (non-hydrogen) atoms. The van der Waals surface area contributed by atoms with Crippen LogP contribution in [0.2, 0.25) is 0 Å². The second-order valence-corrected chi connectivity index (χ2v) is 4.43. The standard InChI is InChI=1S/C12H11F2N3/c13-8-2-1-7(5-9(8)14)10-6-16-11(17-10)12(15)3-4-12/h1-2,5-6H,3-4,15H2,(H,16,17). The number of imidazole rings is 1. The highest BCUT2D eigenvalue weighted by atomic mass is 19.2. The maximum atomic E-state index is 13.1. The Morgan fingerprint density at radius 1 is 1.24 bits per heavy atom. The van der Waals surface area contributed by atoms with Crippen LogP contribution in [0.3, 0.4) is 0 Å². The first kappa shape index (κ1) is 10.4. The van der Waals surface area contributed by atoms with Crippen LogP contribution in [0.5, 0.6) is 0 Å². The smallest absolute Gasteiger partial charge is 0.159 e. The maximum Gasteiger partial charge on any atom is 0.159 e. The molecule has 88 valence electrons. The number of hydrogen-bond donors (Lipinski definition) is 2. The lowest BCUT2D eigenvalue weighted by atomic mass is 10.1. The van der Waals surface area contributed by atoms with E-state index in [4.69, 9.17) is 5.73 Å². The van der Waals surface area contributed by atoms with Crippen LogP contribution in [0.1, 0.15) is 18.7 Å². The fourth-order valence-corrected chi connectivity index (χ4v) is 1.76. The first-order chi connectivity index (χ1) is 8.08. The van der Waals surface area contributed by atoms with Crippen molar-refractivity contribution in [2.24, 2.45) is 5.73 Å². The molecule has 1 saturated carbocycles. The molecule has 2 aromatic rings. The summed E-state index contributed by atoms with van der Waals surface area (Å²) < 4.78 is 25.9. The molecule has 0 unspecified atom stereocenters. The van der Waals surface area contributed by atoms with Gasteiger partial charge in [-0.25, -0.2) is 13.8 Å². The zero-order valence-electron chi connectivity index (χ0n) is 9.00. The summed E-state index contributed by atoms with van der Waals surface area (Å²) in [5, 5.41) is 0. The Balaban J connectivity index is 1.98. The second kappa shape index (κ2) is 3.37. The predicted molar refractivity (Wildman–Crippen MR) is 59.0 cm³/mol. The highest BCUT2D eigenvalue weighted by Crippen LogP contribution is 2.41. The summed E-state index contributed by atoms with van der Waals surface area (Å²) in [6.07, 6.45) is 3.39. The summed E-state index contributed by atoms with van der Waals surface area (Å²) in [5.41, 5.74) is 6.85. The third kappa shape index (κ3) is 1.72. The maximum absolute atomic E-state index is 13.1. The lowest BCUT2D eigenvalue weighted by Gasteiger charge is -2.03. The van der Waals surface area contributed by atoms with Crippen molar-refractivity contribution < 1.29 is 8.78 Å². The number of benzene rings is 1. The lowest BCUT2D eigenvalue weighted by molar-refractivity contribution is 0.509. The second-order valence-electron chi connectivity index (χ2n) is 4.43. The van der Waals surface area contributed by atoms with Gasteiger partial charge < -0.3 is 10.7 Å². The Bertz CT molecular complexity index is 573. The quantitative estimate of drug-likeness (QED) is 0.839. The lowest BCUT2D eigenvalue weighted by Crippen LogP contribution is -2.20. The number of aromatic nitrogens is 2. The van der Waals surface area contributed by atoms with Crippen molar-refractivity contribution in [1.82, 2.24) is 9.97 Å². The van der Waals surface area contributed by atoms with E-state index in [-0.39, 0.29) is 5.54 Å². The average Bonchev–Trinajstić information content (AvgIpc) is 2.88. The molecule has 5 heteroatoms. The van der Waals surface area contributed by atoms with Gasteiger partial charge in [0.25, 0.3) is 0 Å². The van der Waals surface area contributed by atoms with Gasteiger partial charge in [0.1, 0.15) is 5.82 Å². The van der Waals surface area contributed by atoms with Crippen molar-refractivity contribution in [1.29, 1.82) is 0 Å². The molecule has 1 aliphatic rings. The molecule has 0 amide bonds. The third-order valence-electron chi connectivity index (χ3n) is 3.07. The molecule has 0 spiro atoms. The van der Waals surface area contributed by atoms with Gasteiger partial charge in [0.05, 0.1) is 17.4 Å². The summed E-state index contributed by atoms with van der Waals surface area (Å²) in [6, 6.07) is 3.75. The number of nitrogens with two attached hydrogens (primary N) is 1.